The second-order valence-corrected chi connectivity index (χ2v) is 6.28. The summed E-state index contributed by atoms with van der Waals surface area (Å²) in [5.74, 6) is 0.259. The minimum Gasteiger partial charge on any atom is -0.356 e. The summed E-state index contributed by atoms with van der Waals surface area (Å²) in [6.45, 7) is 0.207. The number of halogens is 3. The van der Waals surface area contributed by atoms with Gasteiger partial charge in [-0.2, -0.15) is 0 Å². The van der Waals surface area contributed by atoms with Gasteiger partial charge in [-0.3, -0.25) is 4.79 Å². The smallest absolute Gasteiger partial charge is 0.253 e. The number of carbonyl (C=O) groups is 1. The Bertz CT molecular complexity index is 876. The van der Waals surface area contributed by atoms with E-state index < -0.39 is 0 Å². The Morgan fingerprint density at radius 2 is 1.71 bits per heavy atom. The molecule has 0 aliphatic heterocycles. The summed E-state index contributed by atoms with van der Waals surface area (Å²) >= 11 is 17.7. The van der Waals surface area contributed by atoms with Crippen LogP contribution in [0.3, 0.4) is 0 Å². The van der Waals surface area contributed by atoms with Crippen molar-refractivity contribution >= 4 is 40.7 Å². The van der Waals surface area contributed by atoms with Crippen molar-refractivity contribution in [3.05, 3.63) is 74.9 Å². The zero-order chi connectivity index (χ0) is 17.1. The van der Waals surface area contributed by atoms with E-state index in [-0.39, 0.29) is 12.5 Å². The van der Waals surface area contributed by atoms with Gasteiger partial charge >= 0.3 is 0 Å². The summed E-state index contributed by atoms with van der Waals surface area (Å²) in [4.78, 5) is 12.2. The average Bonchev–Trinajstić information content (AvgIpc) is 3.04. The lowest BCUT2D eigenvalue weighted by Crippen LogP contribution is -2.23. The van der Waals surface area contributed by atoms with Crippen molar-refractivity contribution in [1.82, 2.24) is 10.5 Å². The molecule has 0 aliphatic carbocycles. The largest absolute Gasteiger partial charge is 0.356 e. The van der Waals surface area contributed by atoms with Gasteiger partial charge in [-0.15, -0.1) is 0 Å². The van der Waals surface area contributed by atoms with Gasteiger partial charge in [0, 0.05) is 21.7 Å². The third-order valence-electron chi connectivity index (χ3n) is 3.29. The van der Waals surface area contributed by atoms with Crippen LogP contribution in [-0.2, 0) is 6.54 Å². The van der Waals surface area contributed by atoms with Crippen LogP contribution in [0.4, 0.5) is 0 Å². The molecule has 1 N–H and O–H groups in total. The van der Waals surface area contributed by atoms with Crippen molar-refractivity contribution in [2.75, 3.05) is 0 Å². The fraction of sp³-hybridized carbons (Fsp3) is 0.0588. The van der Waals surface area contributed by atoms with Crippen molar-refractivity contribution in [2.24, 2.45) is 0 Å². The molecule has 0 radical (unpaired) electrons. The average molecular weight is 382 g/mol. The van der Waals surface area contributed by atoms with E-state index in [0.717, 1.165) is 5.56 Å². The van der Waals surface area contributed by atoms with Gasteiger partial charge < -0.3 is 9.84 Å². The lowest BCUT2D eigenvalue weighted by Gasteiger charge is -2.05. The molecule has 3 rings (SSSR count). The quantitative estimate of drug-likeness (QED) is 0.673. The van der Waals surface area contributed by atoms with Crippen LogP contribution in [-0.4, -0.2) is 11.1 Å². The molecule has 0 unspecified atom stereocenters. The van der Waals surface area contributed by atoms with Crippen LogP contribution in [0.2, 0.25) is 15.1 Å². The highest BCUT2D eigenvalue weighted by molar-refractivity contribution is 6.35. The molecule has 7 heteroatoms. The zero-order valence-electron chi connectivity index (χ0n) is 12.2. The van der Waals surface area contributed by atoms with E-state index in [4.69, 9.17) is 39.3 Å². The molecule has 0 saturated carbocycles. The van der Waals surface area contributed by atoms with Crippen molar-refractivity contribution in [3.63, 3.8) is 0 Å². The second-order valence-electron chi connectivity index (χ2n) is 5.00. The highest BCUT2D eigenvalue weighted by atomic mass is 35.5. The molecule has 0 fully saturated rings. The number of amides is 1. The highest BCUT2D eigenvalue weighted by Gasteiger charge is 2.12. The maximum absolute atomic E-state index is 12.2. The first-order chi connectivity index (χ1) is 11.5. The summed E-state index contributed by atoms with van der Waals surface area (Å²) in [5, 5.41) is 8.09. The molecule has 24 heavy (non-hydrogen) atoms. The van der Waals surface area contributed by atoms with E-state index in [9.17, 15) is 4.79 Å². The van der Waals surface area contributed by atoms with E-state index in [1.165, 1.54) is 6.07 Å². The third kappa shape index (κ3) is 3.90. The molecule has 1 amide bonds. The fourth-order valence-electron chi connectivity index (χ4n) is 2.08. The fourth-order valence-corrected chi connectivity index (χ4v) is 2.58. The maximum atomic E-state index is 12.2. The Balaban J connectivity index is 1.68. The predicted octanol–water partition coefficient (Wildman–Crippen LogP) is 5.23. The molecular formula is C17H11Cl3N2O2. The van der Waals surface area contributed by atoms with Crippen LogP contribution < -0.4 is 5.32 Å². The molecule has 0 atom stereocenters. The highest BCUT2D eigenvalue weighted by Crippen LogP contribution is 2.23. The van der Waals surface area contributed by atoms with Gasteiger partial charge in [-0.25, -0.2) is 0 Å². The van der Waals surface area contributed by atoms with E-state index in [0.29, 0.717) is 32.1 Å². The standard InChI is InChI=1S/C17H11Cl3N2O2/c18-11-3-1-10(2-4-11)16-8-13(22-24-16)9-21-17(23)14-7-12(19)5-6-15(14)20/h1-8H,9H2,(H,21,23). The zero-order valence-corrected chi connectivity index (χ0v) is 14.5. The van der Waals surface area contributed by atoms with E-state index in [2.05, 4.69) is 10.5 Å². The van der Waals surface area contributed by atoms with Crippen LogP contribution >= 0.6 is 34.8 Å². The van der Waals surface area contributed by atoms with Crippen molar-refractivity contribution < 1.29 is 9.32 Å². The number of rotatable bonds is 4. The van der Waals surface area contributed by atoms with Crippen LogP contribution in [0, 0.1) is 0 Å². The molecule has 3 aromatic rings. The molecule has 0 spiro atoms. The van der Waals surface area contributed by atoms with Crippen LogP contribution in [0.1, 0.15) is 16.1 Å². The predicted molar refractivity (Wildman–Crippen MR) is 94.6 cm³/mol. The molecular weight excluding hydrogens is 371 g/mol. The molecule has 1 heterocycles. The van der Waals surface area contributed by atoms with Crippen LogP contribution in [0.25, 0.3) is 11.3 Å². The van der Waals surface area contributed by atoms with Crippen LogP contribution in [0.5, 0.6) is 0 Å². The maximum Gasteiger partial charge on any atom is 0.253 e. The normalized spacial score (nSPS) is 10.6. The second kappa shape index (κ2) is 7.26. The molecule has 0 saturated heterocycles. The number of hydrogen-bond donors (Lipinski definition) is 1. The summed E-state index contributed by atoms with van der Waals surface area (Å²) in [7, 11) is 0. The Morgan fingerprint density at radius 1 is 1.00 bits per heavy atom. The minimum atomic E-state index is -0.335. The topological polar surface area (TPSA) is 55.1 Å². The van der Waals surface area contributed by atoms with Gasteiger partial charge in [0.1, 0.15) is 5.69 Å². The Labute approximate surface area is 153 Å². The molecule has 122 valence electrons. The van der Waals surface area contributed by atoms with Gasteiger partial charge in [-0.1, -0.05) is 40.0 Å². The SMILES string of the molecule is O=C(NCc1cc(-c2ccc(Cl)cc2)on1)c1cc(Cl)ccc1Cl. The van der Waals surface area contributed by atoms with Gasteiger partial charge in [0.15, 0.2) is 5.76 Å². The lowest BCUT2D eigenvalue weighted by molar-refractivity contribution is 0.0950. The van der Waals surface area contributed by atoms with Crippen molar-refractivity contribution in [3.8, 4) is 11.3 Å². The molecule has 2 aromatic carbocycles. The first-order valence-corrected chi connectivity index (χ1v) is 8.11. The Hall–Kier alpha value is -2.01. The van der Waals surface area contributed by atoms with E-state index >= 15 is 0 Å². The monoisotopic (exact) mass is 380 g/mol. The third-order valence-corrected chi connectivity index (χ3v) is 4.11. The summed E-state index contributed by atoms with van der Waals surface area (Å²) in [6.07, 6.45) is 0. The number of aromatic nitrogens is 1. The first kappa shape index (κ1) is 16.8. The molecule has 1 aromatic heterocycles. The van der Waals surface area contributed by atoms with Crippen LogP contribution in [0.15, 0.2) is 53.1 Å². The van der Waals surface area contributed by atoms with Crippen molar-refractivity contribution in [2.45, 2.75) is 6.54 Å². The number of carbonyl (C=O) groups excluding carboxylic acids is 1. The molecule has 4 nitrogen and oxygen atoms in total. The number of nitrogens with one attached hydrogen (secondary N) is 1. The van der Waals surface area contributed by atoms with Gasteiger partial charge in [0.25, 0.3) is 5.91 Å². The number of benzene rings is 2. The molecule has 0 aliphatic rings. The van der Waals surface area contributed by atoms with Gasteiger partial charge in [0.2, 0.25) is 0 Å². The summed E-state index contributed by atoms with van der Waals surface area (Å²) < 4.78 is 5.28. The summed E-state index contributed by atoms with van der Waals surface area (Å²) in [5.41, 5.74) is 1.75. The van der Waals surface area contributed by atoms with E-state index in [1.807, 2.05) is 12.1 Å². The molecule has 0 bridgehead atoms. The van der Waals surface area contributed by atoms with Gasteiger partial charge in [-0.05, 0) is 42.5 Å². The summed E-state index contributed by atoms with van der Waals surface area (Å²) in [6, 6.07) is 13.7. The Morgan fingerprint density at radius 3 is 2.46 bits per heavy atom. The van der Waals surface area contributed by atoms with Crippen molar-refractivity contribution in [1.29, 1.82) is 0 Å². The minimum absolute atomic E-state index is 0.207. The van der Waals surface area contributed by atoms with Gasteiger partial charge in [0.05, 0.1) is 17.1 Å². The van der Waals surface area contributed by atoms with E-state index in [1.54, 1.807) is 30.3 Å². The lowest BCUT2D eigenvalue weighted by atomic mass is 10.1. The number of nitrogens with zero attached hydrogens (tertiary/aromatic N) is 1. The first-order valence-electron chi connectivity index (χ1n) is 6.98. The Kier molecular flexibility index (Phi) is 5.09. The number of hydrogen-bond acceptors (Lipinski definition) is 3.